The van der Waals surface area contributed by atoms with Crippen LogP contribution in [0.2, 0.25) is 10.0 Å². The normalized spacial score (nSPS) is 28.0. The van der Waals surface area contributed by atoms with Crippen molar-refractivity contribution in [1.82, 2.24) is 10.6 Å². The van der Waals surface area contributed by atoms with Crippen molar-refractivity contribution in [3.63, 3.8) is 0 Å². The molecule has 1 saturated carbocycles. The molecule has 4 N–H and O–H groups in total. The van der Waals surface area contributed by atoms with Gasteiger partial charge < -0.3 is 25.9 Å². The maximum absolute atomic E-state index is 15.1. The molecule has 0 unspecified atom stereocenters. The minimum absolute atomic E-state index is 0.0548. The third kappa shape index (κ3) is 6.90. The maximum atomic E-state index is 15.1. The van der Waals surface area contributed by atoms with Gasteiger partial charge in [-0.1, -0.05) is 56.1 Å². The van der Waals surface area contributed by atoms with E-state index in [0.29, 0.717) is 40.7 Å². The molecule has 1 heterocycles. The second-order valence-electron chi connectivity index (χ2n) is 12.9. The van der Waals surface area contributed by atoms with Crippen molar-refractivity contribution in [3.8, 4) is 0 Å². The summed E-state index contributed by atoms with van der Waals surface area (Å²) in [5.41, 5.74) is 0.150. The fourth-order valence-corrected chi connectivity index (χ4v) is 7.25. The molecule has 6 atom stereocenters. The van der Waals surface area contributed by atoms with Gasteiger partial charge in [-0.25, -0.2) is 4.39 Å². The quantitative estimate of drug-likeness (QED) is 0.190. The summed E-state index contributed by atoms with van der Waals surface area (Å²) < 4.78 is 15.1. The molecule has 41 heavy (non-hydrogen) atoms. The highest BCUT2D eigenvalue weighted by molar-refractivity contribution is 6.31. The van der Waals surface area contributed by atoms with Gasteiger partial charge in [0.1, 0.15) is 12.1 Å². The second-order valence-corrected chi connectivity index (χ2v) is 13.7. The average molecular weight is 607 g/mol. The van der Waals surface area contributed by atoms with Gasteiger partial charge >= 0.3 is 0 Å². The molecule has 6 nitrogen and oxygen atoms in total. The summed E-state index contributed by atoms with van der Waals surface area (Å²) >= 11 is 12.6. The molecular weight excluding hydrogens is 564 g/mol. The molecule has 2 fully saturated rings. The molecule has 0 aromatic heterocycles. The molecule has 1 aliphatic carbocycles. The smallest absolute Gasteiger partial charge is 0.237 e. The molecule has 4 rings (SSSR count). The molecule has 1 saturated heterocycles. The summed E-state index contributed by atoms with van der Waals surface area (Å²) in [7, 11) is 1.70. The number of nitrogens with one attached hydrogen (secondary N) is 3. The summed E-state index contributed by atoms with van der Waals surface area (Å²) in [5.74, 6) is -1.05. The van der Waals surface area contributed by atoms with Gasteiger partial charge in [-0.3, -0.25) is 4.79 Å². The Morgan fingerprint density at radius 2 is 1.98 bits per heavy atom. The zero-order chi connectivity index (χ0) is 29.9. The van der Waals surface area contributed by atoms with Crippen molar-refractivity contribution in [2.24, 2.45) is 11.3 Å². The number of amides is 1. The lowest BCUT2D eigenvalue weighted by molar-refractivity contribution is -0.123. The Labute approximate surface area is 252 Å². The van der Waals surface area contributed by atoms with E-state index in [2.05, 4.69) is 36.7 Å². The monoisotopic (exact) mass is 605 g/mol. The van der Waals surface area contributed by atoms with Crippen molar-refractivity contribution < 1.29 is 19.1 Å². The molecule has 2 aromatic carbocycles. The predicted molar refractivity (Wildman–Crippen MR) is 163 cm³/mol. The number of hydrogen-bond donors (Lipinski definition) is 4. The van der Waals surface area contributed by atoms with Gasteiger partial charge in [0, 0.05) is 36.3 Å². The molecule has 2 aliphatic rings. The van der Waals surface area contributed by atoms with Gasteiger partial charge in [-0.05, 0) is 85.3 Å². The van der Waals surface area contributed by atoms with Crippen LogP contribution in [-0.4, -0.2) is 49.1 Å². The largest absolute Gasteiger partial charge is 0.393 e. The second kappa shape index (κ2) is 13.0. The number of carbonyl (C=O) groups excluding carboxylic acids is 2. The minimum atomic E-state index is -1.32. The van der Waals surface area contributed by atoms with Crippen molar-refractivity contribution in [2.45, 2.75) is 88.8 Å². The standard InChI is InChI=1S/C32H42Cl2FN3O3/c1-31(2,3)17-27-32(18-39,23-15-25(35)24(34)16-26(23)36-4)28(20-8-5-9-21(33)14-20)29(38-27)30(41)37-12-6-7-19-10-11-22(40)13-19/h5,8-9,14-16,18-19,22,27-29,36,38,40H,6-7,10-13,17H2,1-4H3,(H,37,41)/t19-,22+,27-,28+,29-,32-/m1/s1. The van der Waals surface area contributed by atoms with Gasteiger partial charge in [0.15, 0.2) is 0 Å². The zero-order valence-corrected chi connectivity index (χ0v) is 25.8. The van der Waals surface area contributed by atoms with Crippen molar-refractivity contribution >= 4 is 41.1 Å². The highest BCUT2D eigenvalue weighted by Gasteiger charge is 2.60. The van der Waals surface area contributed by atoms with E-state index < -0.39 is 29.2 Å². The number of anilines is 1. The molecule has 2 aromatic rings. The Bertz CT molecular complexity index is 1250. The fraction of sp³-hybridized carbons (Fsp3) is 0.562. The lowest BCUT2D eigenvalue weighted by Crippen LogP contribution is -2.47. The van der Waals surface area contributed by atoms with E-state index in [1.54, 1.807) is 25.2 Å². The SMILES string of the molecule is CNc1cc(Cl)c(F)cc1[C@]1(C=O)[C@@H](CC(C)(C)C)N[C@@H](C(=O)NCCC[C@@H]2CC[C@H](O)C2)[C@@H]1c1cccc(Cl)c1. The number of carbonyl (C=O) groups is 2. The highest BCUT2D eigenvalue weighted by atomic mass is 35.5. The summed E-state index contributed by atoms with van der Waals surface area (Å²) in [5, 5.41) is 20.0. The van der Waals surface area contributed by atoms with Gasteiger partial charge in [-0.15, -0.1) is 0 Å². The van der Waals surface area contributed by atoms with Crippen LogP contribution in [-0.2, 0) is 15.0 Å². The Balaban J connectivity index is 1.77. The molecule has 1 amide bonds. The summed E-state index contributed by atoms with van der Waals surface area (Å²) in [6.45, 7) is 6.72. The van der Waals surface area contributed by atoms with E-state index in [-0.39, 0.29) is 22.4 Å². The van der Waals surface area contributed by atoms with E-state index in [0.717, 1.165) is 38.4 Å². The van der Waals surface area contributed by atoms with E-state index >= 15 is 4.39 Å². The summed E-state index contributed by atoms with van der Waals surface area (Å²) in [4.78, 5) is 27.5. The van der Waals surface area contributed by atoms with Crippen LogP contribution < -0.4 is 16.0 Å². The van der Waals surface area contributed by atoms with Crippen molar-refractivity contribution in [2.75, 3.05) is 18.9 Å². The molecule has 224 valence electrons. The Hall–Kier alpha value is -2.19. The van der Waals surface area contributed by atoms with Crippen LogP contribution in [0, 0.1) is 17.2 Å². The van der Waals surface area contributed by atoms with Crippen LogP contribution in [0.4, 0.5) is 10.1 Å². The molecule has 1 aliphatic heterocycles. The number of aliphatic hydroxyl groups is 1. The summed E-state index contributed by atoms with van der Waals surface area (Å²) in [6.07, 6.45) is 5.62. The zero-order valence-electron chi connectivity index (χ0n) is 24.3. The molecule has 0 spiro atoms. The first kappa shape index (κ1) is 31.7. The number of aliphatic hydroxyl groups excluding tert-OH is 1. The molecular formula is C32H42Cl2FN3O3. The predicted octanol–water partition coefficient (Wildman–Crippen LogP) is 6.23. The van der Waals surface area contributed by atoms with Crippen molar-refractivity contribution in [1.29, 1.82) is 0 Å². The van der Waals surface area contributed by atoms with Gasteiger partial charge in [0.2, 0.25) is 5.91 Å². The highest BCUT2D eigenvalue weighted by Crippen LogP contribution is 2.52. The first-order chi connectivity index (χ1) is 19.4. The lowest BCUT2D eigenvalue weighted by atomic mass is 9.62. The van der Waals surface area contributed by atoms with Crippen LogP contribution in [0.25, 0.3) is 0 Å². The van der Waals surface area contributed by atoms with E-state index in [4.69, 9.17) is 23.2 Å². The minimum Gasteiger partial charge on any atom is -0.393 e. The van der Waals surface area contributed by atoms with Crippen LogP contribution >= 0.6 is 23.2 Å². The van der Waals surface area contributed by atoms with E-state index in [9.17, 15) is 14.7 Å². The number of aldehydes is 1. The third-order valence-corrected chi connectivity index (χ3v) is 9.23. The van der Waals surface area contributed by atoms with Gasteiger partial charge in [0.05, 0.1) is 22.6 Å². The molecule has 0 bridgehead atoms. The van der Waals surface area contributed by atoms with Crippen LogP contribution in [0.5, 0.6) is 0 Å². The van der Waals surface area contributed by atoms with E-state index in [1.165, 1.54) is 12.1 Å². The first-order valence-electron chi connectivity index (χ1n) is 14.5. The first-order valence-corrected chi connectivity index (χ1v) is 15.3. The Morgan fingerprint density at radius 1 is 1.22 bits per heavy atom. The Kier molecular flexibility index (Phi) is 10.1. The fourth-order valence-electron chi connectivity index (χ4n) is 6.89. The number of rotatable bonds is 10. The summed E-state index contributed by atoms with van der Waals surface area (Å²) in [6, 6.07) is 8.75. The van der Waals surface area contributed by atoms with Gasteiger partial charge in [0.25, 0.3) is 0 Å². The molecule has 0 radical (unpaired) electrons. The van der Waals surface area contributed by atoms with Gasteiger partial charge in [-0.2, -0.15) is 0 Å². The van der Waals surface area contributed by atoms with Crippen LogP contribution in [0.1, 0.15) is 76.3 Å². The maximum Gasteiger partial charge on any atom is 0.237 e. The third-order valence-electron chi connectivity index (χ3n) is 8.71. The van der Waals surface area contributed by atoms with E-state index in [1.807, 2.05) is 6.07 Å². The Morgan fingerprint density at radius 3 is 2.59 bits per heavy atom. The topological polar surface area (TPSA) is 90.5 Å². The van der Waals surface area contributed by atoms with Crippen LogP contribution in [0.15, 0.2) is 36.4 Å². The number of halogens is 3. The van der Waals surface area contributed by atoms with Crippen molar-refractivity contribution in [3.05, 3.63) is 63.4 Å². The van der Waals surface area contributed by atoms with Crippen LogP contribution in [0.3, 0.4) is 0 Å². The number of benzene rings is 2. The molecule has 9 heteroatoms. The number of hydrogen-bond acceptors (Lipinski definition) is 5. The average Bonchev–Trinajstić information content (AvgIpc) is 3.47. The lowest BCUT2D eigenvalue weighted by Gasteiger charge is -2.39.